The highest BCUT2D eigenvalue weighted by Gasteiger charge is 2.40. The maximum atomic E-state index is 13.4. The van der Waals surface area contributed by atoms with Gasteiger partial charge in [-0.1, -0.05) is 36.4 Å². The van der Waals surface area contributed by atoms with E-state index in [1.54, 1.807) is 6.08 Å². The number of alkyl halides is 3. The Morgan fingerprint density at radius 3 is 2.58 bits per heavy atom. The molecule has 2 atom stereocenters. The molecule has 2 heterocycles. The Labute approximate surface area is 179 Å². The van der Waals surface area contributed by atoms with Gasteiger partial charge in [0.25, 0.3) is 0 Å². The van der Waals surface area contributed by atoms with Crippen molar-refractivity contribution in [2.24, 2.45) is 27.0 Å². The van der Waals surface area contributed by atoms with E-state index in [1.165, 1.54) is 6.08 Å². The van der Waals surface area contributed by atoms with Gasteiger partial charge in [0.05, 0.1) is 11.6 Å². The van der Waals surface area contributed by atoms with Crippen LogP contribution < -0.4 is 0 Å². The van der Waals surface area contributed by atoms with E-state index in [2.05, 4.69) is 15.2 Å². The number of ether oxygens (including phenoxy) is 1. The Bertz CT molecular complexity index is 1030. The van der Waals surface area contributed by atoms with E-state index < -0.39 is 12.1 Å². The summed E-state index contributed by atoms with van der Waals surface area (Å²) in [4.78, 5) is 4.57. The number of hydrogen-bond acceptors (Lipinski definition) is 4. The normalized spacial score (nSPS) is 27.6. The minimum Gasteiger partial charge on any atom is -0.439 e. The summed E-state index contributed by atoms with van der Waals surface area (Å²) in [6.07, 6.45) is 1.84. The molecule has 4 nitrogen and oxygen atoms in total. The maximum Gasteiger partial charge on any atom is 0.395 e. The quantitative estimate of drug-likeness (QED) is 0.559. The molecule has 0 amide bonds. The van der Waals surface area contributed by atoms with Gasteiger partial charge in [0.15, 0.2) is 0 Å². The molecule has 1 aromatic rings. The van der Waals surface area contributed by atoms with Gasteiger partial charge in [0, 0.05) is 29.3 Å². The molecular weight excluding hydrogens is 403 g/mol. The number of hydrogen-bond donors (Lipinski definition) is 0. The van der Waals surface area contributed by atoms with Gasteiger partial charge in [0.2, 0.25) is 5.90 Å². The molecule has 0 fully saturated rings. The standard InChI is InChI=1S/C24H24F3N3O/c1-15-12-21-18(13-16(2)29-30-21)10-11-28-23(15)31-22-14-19(24(25,26)27)8-9-20(22)17-6-4-3-5-7-17/h3-7,9,12,14,18-19H,8,10-11,13H2,1-2H3/b15-12-,28-23+. The SMILES string of the molecule is CC1=NN=C2/C=C(C)\C(OC3=CC(C(F)(F)F)CC=C3c3ccccc3)=N/CCC2C1. The average molecular weight is 427 g/mol. The molecule has 2 aliphatic heterocycles. The van der Waals surface area contributed by atoms with E-state index in [1.807, 2.05) is 50.3 Å². The van der Waals surface area contributed by atoms with E-state index in [9.17, 15) is 13.2 Å². The van der Waals surface area contributed by atoms with Gasteiger partial charge >= 0.3 is 6.18 Å². The lowest BCUT2D eigenvalue weighted by Crippen LogP contribution is -2.25. The molecule has 0 N–H and O–H groups in total. The van der Waals surface area contributed by atoms with Crippen LogP contribution in [0, 0.1) is 11.8 Å². The van der Waals surface area contributed by atoms with Crippen LogP contribution in [-0.2, 0) is 4.74 Å². The molecular formula is C24H24F3N3O. The van der Waals surface area contributed by atoms with Gasteiger partial charge in [-0.25, -0.2) is 0 Å². The molecule has 0 aromatic heterocycles. The molecule has 1 aliphatic carbocycles. The lowest BCUT2D eigenvalue weighted by Gasteiger charge is -2.26. The second-order valence-corrected chi connectivity index (χ2v) is 8.06. The third-order valence-electron chi connectivity index (χ3n) is 5.64. The topological polar surface area (TPSA) is 46.3 Å². The van der Waals surface area contributed by atoms with Gasteiger partial charge in [-0.05, 0) is 50.8 Å². The van der Waals surface area contributed by atoms with Crippen LogP contribution >= 0.6 is 0 Å². The molecule has 4 rings (SSSR count). The predicted octanol–water partition coefficient (Wildman–Crippen LogP) is 6.14. The Balaban J connectivity index is 1.66. The Hall–Kier alpha value is -2.96. The highest BCUT2D eigenvalue weighted by molar-refractivity contribution is 6.08. The summed E-state index contributed by atoms with van der Waals surface area (Å²) in [6.45, 7) is 4.31. The molecule has 7 heteroatoms. The van der Waals surface area contributed by atoms with Gasteiger partial charge in [-0.3, -0.25) is 4.99 Å². The van der Waals surface area contributed by atoms with Crippen molar-refractivity contribution in [1.82, 2.24) is 0 Å². The maximum absolute atomic E-state index is 13.4. The Morgan fingerprint density at radius 2 is 1.84 bits per heavy atom. The molecule has 0 saturated heterocycles. The second-order valence-electron chi connectivity index (χ2n) is 8.06. The number of rotatable bonds is 2. The molecule has 3 aliphatic rings. The zero-order chi connectivity index (χ0) is 22.0. The summed E-state index contributed by atoms with van der Waals surface area (Å²) >= 11 is 0. The Kier molecular flexibility index (Phi) is 5.94. The molecule has 0 radical (unpaired) electrons. The number of fused-ring (bicyclic) bond motifs is 1. The summed E-state index contributed by atoms with van der Waals surface area (Å²) in [5.41, 5.74) is 4.03. The number of aliphatic imine (C=N–C) groups is 1. The van der Waals surface area contributed by atoms with Crippen LogP contribution in [0.3, 0.4) is 0 Å². The summed E-state index contributed by atoms with van der Waals surface area (Å²) in [5, 5.41) is 8.50. The first-order valence-electron chi connectivity index (χ1n) is 10.4. The van der Waals surface area contributed by atoms with Crippen molar-refractivity contribution in [1.29, 1.82) is 0 Å². The molecule has 162 valence electrons. The van der Waals surface area contributed by atoms with Crippen LogP contribution in [0.1, 0.15) is 38.7 Å². The highest BCUT2D eigenvalue weighted by Crippen LogP contribution is 2.39. The fourth-order valence-corrected chi connectivity index (χ4v) is 3.95. The molecule has 0 spiro atoms. The summed E-state index contributed by atoms with van der Waals surface area (Å²) < 4.78 is 46.4. The zero-order valence-electron chi connectivity index (χ0n) is 17.5. The Morgan fingerprint density at radius 1 is 1.06 bits per heavy atom. The fourth-order valence-electron chi connectivity index (χ4n) is 3.95. The summed E-state index contributed by atoms with van der Waals surface area (Å²) in [6, 6.07) is 9.30. The number of benzene rings is 1. The summed E-state index contributed by atoms with van der Waals surface area (Å²) in [7, 11) is 0. The monoisotopic (exact) mass is 427 g/mol. The van der Waals surface area contributed by atoms with Crippen LogP contribution in [0.5, 0.6) is 0 Å². The highest BCUT2D eigenvalue weighted by atomic mass is 19.4. The van der Waals surface area contributed by atoms with Crippen molar-refractivity contribution in [2.75, 3.05) is 6.54 Å². The van der Waals surface area contributed by atoms with Crippen LogP contribution in [0.15, 0.2) is 75.1 Å². The number of nitrogens with zero attached hydrogens (tertiary/aromatic N) is 3. The van der Waals surface area contributed by atoms with Gasteiger partial charge in [-0.15, -0.1) is 0 Å². The summed E-state index contributed by atoms with van der Waals surface area (Å²) in [5.74, 6) is -0.829. The third kappa shape index (κ3) is 4.86. The lowest BCUT2D eigenvalue weighted by molar-refractivity contribution is -0.160. The fraction of sp³-hybridized carbons (Fsp3) is 0.375. The van der Waals surface area contributed by atoms with Crippen molar-refractivity contribution < 1.29 is 17.9 Å². The van der Waals surface area contributed by atoms with Crippen molar-refractivity contribution in [2.45, 2.75) is 39.3 Å². The zero-order valence-corrected chi connectivity index (χ0v) is 17.5. The van der Waals surface area contributed by atoms with Gasteiger partial charge in [-0.2, -0.15) is 23.4 Å². The molecule has 2 unspecified atom stereocenters. The van der Waals surface area contributed by atoms with Gasteiger partial charge < -0.3 is 4.74 Å². The first-order chi connectivity index (χ1) is 14.8. The van der Waals surface area contributed by atoms with Gasteiger partial charge in [0.1, 0.15) is 5.76 Å². The van der Waals surface area contributed by atoms with Crippen LogP contribution in [0.2, 0.25) is 0 Å². The van der Waals surface area contributed by atoms with Crippen molar-refractivity contribution in [3.8, 4) is 0 Å². The predicted molar refractivity (Wildman–Crippen MR) is 117 cm³/mol. The van der Waals surface area contributed by atoms with Crippen molar-refractivity contribution in [3.05, 3.63) is 65.5 Å². The number of halogens is 3. The van der Waals surface area contributed by atoms with E-state index in [0.29, 0.717) is 18.0 Å². The minimum atomic E-state index is -4.33. The lowest BCUT2D eigenvalue weighted by atomic mass is 9.90. The van der Waals surface area contributed by atoms with Crippen LogP contribution in [-0.4, -0.2) is 30.0 Å². The smallest absolute Gasteiger partial charge is 0.395 e. The molecule has 0 bridgehead atoms. The number of allylic oxidation sites excluding steroid dienone is 4. The van der Waals surface area contributed by atoms with E-state index in [0.717, 1.165) is 35.4 Å². The first-order valence-corrected chi connectivity index (χ1v) is 10.4. The molecule has 0 saturated carbocycles. The van der Waals surface area contributed by atoms with Crippen LogP contribution in [0.4, 0.5) is 13.2 Å². The third-order valence-corrected chi connectivity index (χ3v) is 5.64. The molecule has 31 heavy (non-hydrogen) atoms. The minimum absolute atomic E-state index is 0.113. The second kappa shape index (κ2) is 8.65. The van der Waals surface area contributed by atoms with E-state index >= 15 is 0 Å². The first kappa shape index (κ1) is 21.3. The van der Waals surface area contributed by atoms with Crippen LogP contribution in [0.25, 0.3) is 5.57 Å². The largest absolute Gasteiger partial charge is 0.439 e. The van der Waals surface area contributed by atoms with Crippen molar-refractivity contribution >= 4 is 22.9 Å². The molecule has 1 aromatic carbocycles. The average Bonchev–Trinajstić information content (AvgIpc) is 2.73. The van der Waals surface area contributed by atoms with Crippen molar-refractivity contribution in [3.63, 3.8) is 0 Å². The van der Waals surface area contributed by atoms with E-state index in [-0.39, 0.29) is 18.1 Å². The van der Waals surface area contributed by atoms with E-state index in [4.69, 9.17) is 4.74 Å².